The van der Waals surface area contributed by atoms with Gasteiger partial charge in [-0.3, -0.25) is 4.79 Å². The predicted molar refractivity (Wildman–Crippen MR) is 80.1 cm³/mol. The number of nitrogens with one attached hydrogen (secondary N) is 1. The van der Waals surface area contributed by atoms with Crippen molar-refractivity contribution >= 4 is 17.2 Å². The molecule has 1 atom stereocenters. The van der Waals surface area contributed by atoms with Crippen molar-refractivity contribution in [3.8, 4) is 0 Å². The number of carbonyl (C=O) groups is 1. The van der Waals surface area contributed by atoms with E-state index in [0.29, 0.717) is 6.54 Å². The summed E-state index contributed by atoms with van der Waals surface area (Å²) in [7, 11) is 0. The van der Waals surface area contributed by atoms with E-state index in [1.165, 1.54) is 11.3 Å². The predicted octanol–water partition coefficient (Wildman–Crippen LogP) is 3.22. The zero-order valence-electron chi connectivity index (χ0n) is 11.7. The Morgan fingerprint density at radius 1 is 1.47 bits per heavy atom. The Morgan fingerprint density at radius 3 is 2.74 bits per heavy atom. The summed E-state index contributed by atoms with van der Waals surface area (Å²) in [5.41, 5.74) is 5.60. The van der Waals surface area contributed by atoms with Gasteiger partial charge in [-0.2, -0.15) is 0 Å². The Hall–Kier alpha value is -0.870. The van der Waals surface area contributed by atoms with Gasteiger partial charge in [0, 0.05) is 11.4 Å². The molecule has 0 bridgehead atoms. The molecule has 1 amide bonds. The highest BCUT2D eigenvalue weighted by Gasteiger charge is 2.38. The fourth-order valence-corrected chi connectivity index (χ4v) is 3.79. The molecule has 106 valence electrons. The summed E-state index contributed by atoms with van der Waals surface area (Å²) in [5.74, 6) is 0.162. The first-order chi connectivity index (χ1) is 9.22. The van der Waals surface area contributed by atoms with Gasteiger partial charge in [0.2, 0.25) is 5.91 Å². The van der Waals surface area contributed by atoms with Crippen molar-refractivity contribution in [2.45, 2.75) is 51.5 Å². The molecule has 0 aliphatic heterocycles. The van der Waals surface area contributed by atoms with Crippen LogP contribution in [0, 0.1) is 5.41 Å². The zero-order valence-corrected chi connectivity index (χ0v) is 12.5. The number of amides is 1. The van der Waals surface area contributed by atoms with E-state index in [-0.39, 0.29) is 17.4 Å². The van der Waals surface area contributed by atoms with Gasteiger partial charge in [-0.05, 0) is 30.7 Å². The average molecular weight is 280 g/mol. The van der Waals surface area contributed by atoms with Gasteiger partial charge >= 0.3 is 0 Å². The topological polar surface area (TPSA) is 55.1 Å². The molecule has 1 heterocycles. The third-order valence-electron chi connectivity index (χ3n) is 4.28. The Kier molecular flexibility index (Phi) is 4.99. The first-order valence-corrected chi connectivity index (χ1v) is 8.14. The molecular weight excluding hydrogens is 256 g/mol. The maximum Gasteiger partial charge on any atom is 0.228 e. The quantitative estimate of drug-likeness (QED) is 0.870. The second-order valence-corrected chi connectivity index (χ2v) is 6.47. The molecule has 1 aromatic heterocycles. The fraction of sp³-hybridized carbons (Fsp3) is 0.667. The van der Waals surface area contributed by atoms with Crippen LogP contribution in [0.4, 0.5) is 0 Å². The largest absolute Gasteiger partial charge is 0.348 e. The van der Waals surface area contributed by atoms with Crippen LogP contribution in [0.2, 0.25) is 0 Å². The van der Waals surface area contributed by atoms with E-state index in [0.717, 1.165) is 32.1 Å². The van der Waals surface area contributed by atoms with Gasteiger partial charge in [-0.15, -0.1) is 11.3 Å². The lowest BCUT2D eigenvalue weighted by molar-refractivity contribution is -0.133. The van der Waals surface area contributed by atoms with Crippen molar-refractivity contribution in [1.82, 2.24) is 5.32 Å². The summed E-state index contributed by atoms with van der Waals surface area (Å²) < 4.78 is 0. The molecule has 1 aliphatic rings. The molecule has 0 spiro atoms. The molecule has 1 aliphatic carbocycles. The number of thiophene rings is 1. The van der Waals surface area contributed by atoms with Gasteiger partial charge in [0.1, 0.15) is 0 Å². The van der Waals surface area contributed by atoms with Crippen LogP contribution in [0.15, 0.2) is 17.5 Å². The van der Waals surface area contributed by atoms with E-state index in [4.69, 9.17) is 5.73 Å². The molecule has 1 fully saturated rings. The first kappa shape index (κ1) is 14.5. The minimum atomic E-state index is -0.317. The molecule has 2 rings (SSSR count). The lowest BCUT2D eigenvalue weighted by atomic mass is 9.73. The molecule has 0 saturated heterocycles. The number of hydrogen-bond acceptors (Lipinski definition) is 3. The standard InChI is InChI=1S/C15H24N2OS/c1-2-12(13-7-6-10-19-13)17-14(18)15(11-16)8-4-3-5-9-15/h6-7,10,12H,2-5,8-9,11,16H2,1H3,(H,17,18). The fourth-order valence-electron chi connectivity index (χ4n) is 2.93. The van der Waals surface area contributed by atoms with Crippen LogP contribution in [-0.2, 0) is 4.79 Å². The van der Waals surface area contributed by atoms with Crippen molar-refractivity contribution in [3.63, 3.8) is 0 Å². The van der Waals surface area contributed by atoms with Gasteiger partial charge in [0.05, 0.1) is 11.5 Å². The minimum Gasteiger partial charge on any atom is -0.348 e. The summed E-state index contributed by atoms with van der Waals surface area (Å²) in [6, 6.07) is 4.27. The van der Waals surface area contributed by atoms with E-state index in [1.807, 2.05) is 6.07 Å². The minimum absolute atomic E-state index is 0.137. The van der Waals surface area contributed by atoms with Crippen LogP contribution in [0.5, 0.6) is 0 Å². The summed E-state index contributed by atoms with van der Waals surface area (Å²) in [6.45, 7) is 2.58. The number of rotatable bonds is 5. The lowest BCUT2D eigenvalue weighted by Gasteiger charge is -2.35. The van der Waals surface area contributed by atoms with Crippen LogP contribution in [0.3, 0.4) is 0 Å². The van der Waals surface area contributed by atoms with Crippen molar-refractivity contribution in [2.24, 2.45) is 11.1 Å². The van der Waals surface area contributed by atoms with E-state index in [9.17, 15) is 4.79 Å². The monoisotopic (exact) mass is 280 g/mol. The van der Waals surface area contributed by atoms with Crippen molar-refractivity contribution in [3.05, 3.63) is 22.4 Å². The van der Waals surface area contributed by atoms with Gasteiger partial charge in [-0.1, -0.05) is 32.3 Å². The lowest BCUT2D eigenvalue weighted by Crippen LogP contribution is -2.48. The smallest absolute Gasteiger partial charge is 0.228 e. The van der Waals surface area contributed by atoms with E-state index in [1.54, 1.807) is 11.3 Å². The molecular formula is C15H24N2OS. The summed E-state index contributed by atoms with van der Waals surface area (Å²) in [5, 5.41) is 5.28. The van der Waals surface area contributed by atoms with Crippen molar-refractivity contribution < 1.29 is 4.79 Å². The number of hydrogen-bond donors (Lipinski definition) is 2. The third kappa shape index (κ3) is 3.18. The molecule has 0 radical (unpaired) electrons. The first-order valence-electron chi connectivity index (χ1n) is 7.26. The molecule has 1 saturated carbocycles. The van der Waals surface area contributed by atoms with Crippen LogP contribution < -0.4 is 11.1 Å². The molecule has 4 heteroatoms. The number of nitrogens with two attached hydrogens (primary N) is 1. The maximum atomic E-state index is 12.6. The Balaban J connectivity index is 2.06. The van der Waals surface area contributed by atoms with Crippen molar-refractivity contribution in [1.29, 1.82) is 0 Å². The van der Waals surface area contributed by atoms with Crippen LogP contribution in [0.25, 0.3) is 0 Å². The summed E-state index contributed by atoms with van der Waals surface area (Å²) in [6.07, 6.45) is 6.29. The SMILES string of the molecule is CCC(NC(=O)C1(CN)CCCCC1)c1cccs1. The molecule has 19 heavy (non-hydrogen) atoms. The Morgan fingerprint density at radius 2 is 2.21 bits per heavy atom. The summed E-state index contributed by atoms with van der Waals surface area (Å²) in [4.78, 5) is 13.9. The van der Waals surface area contributed by atoms with Crippen LogP contribution in [0.1, 0.15) is 56.4 Å². The average Bonchev–Trinajstić information content (AvgIpc) is 2.99. The Bertz CT molecular complexity index is 396. The van der Waals surface area contributed by atoms with E-state index in [2.05, 4.69) is 23.7 Å². The number of carbonyl (C=O) groups excluding carboxylic acids is 1. The van der Waals surface area contributed by atoms with Crippen LogP contribution in [-0.4, -0.2) is 12.5 Å². The second kappa shape index (κ2) is 6.53. The molecule has 3 nitrogen and oxygen atoms in total. The van der Waals surface area contributed by atoms with Crippen molar-refractivity contribution in [2.75, 3.05) is 6.54 Å². The Labute approximate surface area is 119 Å². The van der Waals surface area contributed by atoms with E-state index >= 15 is 0 Å². The zero-order chi connectivity index (χ0) is 13.7. The highest BCUT2D eigenvalue weighted by Crippen LogP contribution is 2.36. The second-order valence-electron chi connectivity index (χ2n) is 5.49. The molecule has 1 unspecified atom stereocenters. The summed E-state index contributed by atoms with van der Waals surface area (Å²) >= 11 is 1.70. The van der Waals surface area contributed by atoms with E-state index < -0.39 is 0 Å². The molecule has 0 aromatic carbocycles. The maximum absolute atomic E-state index is 12.6. The highest BCUT2D eigenvalue weighted by atomic mass is 32.1. The molecule has 1 aromatic rings. The van der Waals surface area contributed by atoms with Gasteiger partial charge < -0.3 is 11.1 Å². The van der Waals surface area contributed by atoms with Gasteiger partial charge in [0.25, 0.3) is 0 Å². The van der Waals surface area contributed by atoms with Gasteiger partial charge in [-0.25, -0.2) is 0 Å². The highest BCUT2D eigenvalue weighted by molar-refractivity contribution is 7.10. The van der Waals surface area contributed by atoms with Crippen LogP contribution >= 0.6 is 11.3 Å². The molecule has 3 N–H and O–H groups in total. The third-order valence-corrected chi connectivity index (χ3v) is 5.27. The van der Waals surface area contributed by atoms with Gasteiger partial charge in [0.15, 0.2) is 0 Å². The normalized spacial score (nSPS) is 19.9.